The highest BCUT2D eigenvalue weighted by Gasteiger charge is 2.51. The first-order valence-electron chi connectivity index (χ1n) is 14.9. The summed E-state index contributed by atoms with van der Waals surface area (Å²) in [5.41, 5.74) is 5.97. The van der Waals surface area contributed by atoms with Gasteiger partial charge in [-0.15, -0.1) is 0 Å². The first-order valence-corrected chi connectivity index (χ1v) is 14.9. The lowest BCUT2D eigenvalue weighted by molar-refractivity contribution is -0.453. The van der Waals surface area contributed by atoms with E-state index in [1.54, 1.807) is 20.0 Å². The van der Waals surface area contributed by atoms with Gasteiger partial charge in [-0.2, -0.15) is 0 Å². The van der Waals surface area contributed by atoms with Gasteiger partial charge in [-0.05, 0) is 69.0 Å². The molecule has 1 amide bonds. The number of fused-ring (bicyclic) bond motifs is 1. The van der Waals surface area contributed by atoms with Crippen molar-refractivity contribution < 1.29 is 23.1 Å². The van der Waals surface area contributed by atoms with Crippen LogP contribution in [-0.4, -0.2) is 83.7 Å². The largest absolute Gasteiger partial charge is 0.385 e. The molecule has 9 heteroatoms. The van der Waals surface area contributed by atoms with E-state index >= 15 is 0 Å². The number of allylic oxidation sites excluding steroid dienone is 1. The van der Waals surface area contributed by atoms with Gasteiger partial charge in [-0.25, -0.2) is 18.3 Å². The first kappa shape index (κ1) is 27.1. The molecule has 2 fully saturated rings. The molecule has 1 aromatic rings. The highest BCUT2D eigenvalue weighted by Crippen LogP contribution is 2.42. The van der Waals surface area contributed by atoms with Gasteiger partial charge in [0, 0.05) is 50.0 Å². The normalized spacial score (nSPS) is 24.8. The zero-order chi connectivity index (χ0) is 28.0. The van der Waals surface area contributed by atoms with Gasteiger partial charge in [-0.1, -0.05) is 0 Å². The Balaban J connectivity index is 1.46. The van der Waals surface area contributed by atoms with Crippen molar-refractivity contribution in [2.24, 2.45) is 0 Å². The molecule has 1 saturated heterocycles. The standard InChI is InChI=1S/C31H41F2N6O/c1-20(40)37-14-8-27-26(19-37)30(39(27)23-6-11-35-12-7-23)38-13-4-5-21-15-24(25(29(32)33)16-28(21)38)22(17-34-3)18-36-31(2)9-10-31/h15-18,23,29,35-36H,4-14,19H2,1-3H3/q+1/p+1. The number of nitrogens with zero attached hydrogens (tertiary/aromatic N) is 3. The number of hydrogen-bond acceptors (Lipinski definition) is 3. The second-order valence-electron chi connectivity index (χ2n) is 12.2. The molecule has 1 saturated carbocycles. The Morgan fingerprint density at radius 2 is 2.02 bits per heavy atom. The lowest BCUT2D eigenvalue weighted by Crippen LogP contribution is -2.63. The Kier molecular flexibility index (Phi) is 7.27. The van der Waals surface area contributed by atoms with Gasteiger partial charge in [-0.3, -0.25) is 9.79 Å². The van der Waals surface area contributed by atoms with Crippen LogP contribution in [0.2, 0.25) is 0 Å². The van der Waals surface area contributed by atoms with E-state index in [4.69, 9.17) is 0 Å². The summed E-state index contributed by atoms with van der Waals surface area (Å²) in [6.07, 6.45) is 8.04. The maximum atomic E-state index is 14.7. The summed E-state index contributed by atoms with van der Waals surface area (Å²) < 4.78 is 31.7. The predicted molar refractivity (Wildman–Crippen MR) is 153 cm³/mol. The Labute approximate surface area is 235 Å². The molecule has 0 aromatic heterocycles. The second-order valence-corrected chi connectivity index (χ2v) is 12.2. The van der Waals surface area contributed by atoms with Crippen molar-refractivity contribution in [1.82, 2.24) is 20.4 Å². The van der Waals surface area contributed by atoms with E-state index in [0.29, 0.717) is 18.2 Å². The van der Waals surface area contributed by atoms with Crippen LogP contribution >= 0.6 is 0 Å². The SMILES string of the molecule is C[NH+]=CC(=CNC1(C)CC1)c1cc2c(cc1C(F)F)[N+](=C1C3=C(CCN(C(C)=O)C3)N1C1CCNCC1)CCC2. The van der Waals surface area contributed by atoms with Crippen molar-refractivity contribution >= 4 is 29.2 Å². The Morgan fingerprint density at radius 3 is 2.70 bits per heavy atom. The van der Waals surface area contributed by atoms with E-state index in [1.165, 1.54) is 11.3 Å². The van der Waals surface area contributed by atoms with Crippen LogP contribution in [0.3, 0.4) is 0 Å². The minimum absolute atomic E-state index is 0.0565. The summed E-state index contributed by atoms with van der Waals surface area (Å²) in [6.45, 7) is 7.88. The van der Waals surface area contributed by atoms with Crippen LogP contribution in [0.15, 0.2) is 29.6 Å². The number of piperidine rings is 1. The molecule has 0 unspecified atom stereocenters. The minimum Gasteiger partial charge on any atom is -0.385 e. The van der Waals surface area contributed by atoms with Crippen molar-refractivity contribution in [1.29, 1.82) is 0 Å². The van der Waals surface area contributed by atoms with Gasteiger partial charge in [0.2, 0.25) is 5.91 Å². The zero-order valence-electron chi connectivity index (χ0n) is 24.0. The topological polar surface area (TPSA) is 64.6 Å². The third-order valence-corrected chi connectivity index (χ3v) is 9.27. The number of hydrogen-bond donors (Lipinski definition) is 3. The van der Waals surface area contributed by atoms with Gasteiger partial charge in [0.1, 0.15) is 30.0 Å². The monoisotopic (exact) mass is 552 g/mol. The van der Waals surface area contributed by atoms with Crippen LogP contribution in [0.1, 0.15) is 75.5 Å². The molecule has 7 nitrogen and oxygen atoms in total. The van der Waals surface area contributed by atoms with Gasteiger partial charge in [0.05, 0.1) is 18.7 Å². The van der Waals surface area contributed by atoms with E-state index in [9.17, 15) is 13.6 Å². The molecule has 40 heavy (non-hydrogen) atoms. The number of halogens is 2. The van der Waals surface area contributed by atoms with E-state index in [2.05, 4.69) is 32.0 Å². The fraction of sp³-hybridized carbons (Fsp3) is 0.581. The quantitative estimate of drug-likeness (QED) is 0.375. The van der Waals surface area contributed by atoms with E-state index in [-0.39, 0.29) is 17.0 Å². The summed E-state index contributed by atoms with van der Waals surface area (Å²) in [7, 11) is 1.80. The lowest BCUT2D eigenvalue weighted by Gasteiger charge is -2.45. The van der Waals surface area contributed by atoms with Crippen molar-refractivity contribution in [3.63, 3.8) is 0 Å². The molecule has 6 rings (SSSR count). The lowest BCUT2D eigenvalue weighted by atomic mass is 9.88. The summed E-state index contributed by atoms with van der Waals surface area (Å²) in [6, 6.07) is 4.13. The highest BCUT2D eigenvalue weighted by atomic mass is 19.3. The third kappa shape index (κ3) is 4.97. The van der Waals surface area contributed by atoms with Gasteiger partial charge < -0.3 is 15.5 Å². The average molecular weight is 553 g/mol. The average Bonchev–Trinajstić information content (AvgIpc) is 3.68. The van der Waals surface area contributed by atoms with Gasteiger partial charge in [0.15, 0.2) is 6.21 Å². The van der Waals surface area contributed by atoms with Crippen molar-refractivity contribution in [2.45, 2.75) is 76.8 Å². The summed E-state index contributed by atoms with van der Waals surface area (Å²) in [5, 5.41) is 6.92. The molecule has 4 aliphatic heterocycles. The van der Waals surface area contributed by atoms with Crippen LogP contribution in [0, 0.1) is 0 Å². The van der Waals surface area contributed by atoms with Crippen LogP contribution in [-0.2, 0) is 11.2 Å². The van der Waals surface area contributed by atoms with Gasteiger partial charge >= 0.3 is 0 Å². The number of rotatable bonds is 6. The number of amides is 1. The molecule has 0 radical (unpaired) electrons. The first-order chi connectivity index (χ1) is 19.3. The van der Waals surface area contributed by atoms with Crippen LogP contribution in [0.25, 0.3) is 5.57 Å². The number of amidine groups is 1. The van der Waals surface area contributed by atoms with Crippen LogP contribution < -0.4 is 15.6 Å². The van der Waals surface area contributed by atoms with Gasteiger partial charge in [0.25, 0.3) is 12.3 Å². The highest BCUT2D eigenvalue weighted by molar-refractivity contribution is 6.08. The fourth-order valence-corrected chi connectivity index (χ4v) is 6.69. The fourth-order valence-electron chi connectivity index (χ4n) is 6.69. The molecule has 4 heterocycles. The van der Waals surface area contributed by atoms with E-state index in [0.717, 1.165) is 93.8 Å². The third-order valence-electron chi connectivity index (χ3n) is 9.27. The summed E-state index contributed by atoms with van der Waals surface area (Å²) in [5.74, 6) is 1.21. The Hall–Kier alpha value is -3.07. The summed E-state index contributed by atoms with van der Waals surface area (Å²) >= 11 is 0. The second kappa shape index (κ2) is 10.7. The van der Waals surface area contributed by atoms with Crippen LogP contribution in [0.5, 0.6) is 0 Å². The number of aryl methyl sites for hydroxylation is 1. The van der Waals surface area contributed by atoms with Crippen LogP contribution in [0.4, 0.5) is 14.5 Å². The molecule has 5 aliphatic rings. The van der Waals surface area contributed by atoms with E-state index in [1.807, 2.05) is 23.4 Å². The molecule has 0 bridgehead atoms. The Bertz CT molecular complexity index is 1320. The molecule has 214 valence electrons. The summed E-state index contributed by atoms with van der Waals surface area (Å²) in [4.78, 5) is 19.8. The molecular formula is C31H42F2N6O+2. The maximum Gasteiger partial charge on any atom is 0.291 e. The van der Waals surface area contributed by atoms with E-state index < -0.39 is 6.43 Å². The smallest absolute Gasteiger partial charge is 0.291 e. The van der Waals surface area contributed by atoms with Crippen molar-refractivity contribution in [3.8, 4) is 0 Å². The minimum atomic E-state index is -2.60. The van der Waals surface area contributed by atoms with Crippen molar-refractivity contribution in [3.05, 3.63) is 46.3 Å². The number of carbonyl (C=O) groups excluding carboxylic acids is 1. The molecule has 1 aliphatic carbocycles. The molecular weight excluding hydrogens is 510 g/mol. The molecule has 0 atom stereocenters. The maximum absolute atomic E-state index is 14.7. The molecule has 0 spiro atoms. The molecule has 3 N–H and O–H groups in total. The number of carbonyl (C=O) groups is 1. The number of nitrogens with one attached hydrogen (secondary N) is 3. The number of alkyl halides is 2. The molecule has 1 aromatic carbocycles. The van der Waals surface area contributed by atoms with Crippen molar-refractivity contribution in [2.75, 3.05) is 39.8 Å². The predicted octanol–water partition coefficient (Wildman–Crippen LogP) is 2.45. The number of benzene rings is 1. The zero-order valence-corrected chi connectivity index (χ0v) is 24.0. The Morgan fingerprint density at radius 1 is 1.25 bits per heavy atom.